The number of halogens is 1. The van der Waals surface area contributed by atoms with Crippen LogP contribution in [0.4, 0.5) is 0 Å². The molecule has 1 aromatic rings. The van der Waals surface area contributed by atoms with Crippen molar-refractivity contribution in [1.29, 1.82) is 0 Å². The molecule has 1 aromatic heterocycles. The minimum absolute atomic E-state index is 0.0280. The Labute approximate surface area is 133 Å². The van der Waals surface area contributed by atoms with E-state index >= 15 is 0 Å². The molecule has 0 unspecified atom stereocenters. The molecule has 1 saturated carbocycles. The van der Waals surface area contributed by atoms with Gasteiger partial charge in [-0.25, -0.2) is 4.98 Å². The van der Waals surface area contributed by atoms with Crippen molar-refractivity contribution < 1.29 is 4.74 Å². The van der Waals surface area contributed by atoms with E-state index in [0.29, 0.717) is 3.57 Å². The summed E-state index contributed by atoms with van der Waals surface area (Å²) in [5.74, 6) is 0.732. The van der Waals surface area contributed by atoms with Gasteiger partial charge in [0.15, 0.2) is 0 Å². The number of H-pyrrole nitrogens is 1. The smallest absolute Gasteiger partial charge is 0.264 e. The Morgan fingerprint density at radius 2 is 1.95 bits per heavy atom. The molecule has 0 atom stereocenters. The highest BCUT2D eigenvalue weighted by atomic mass is 127. The molecule has 1 heterocycles. The highest BCUT2D eigenvalue weighted by molar-refractivity contribution is 14.1. The summed E-state index contributed by atoms with van der Waals surface area (Å²) in [6.45, 7) is 2.11. The molecule has 0 radical (unpaired) electrons. The molecule has 5 heteroatoms. The van der Waals surface area contributed by atoms with Gasteiger partial charge in [0.25, 0.3) is 5.56 Å². The Kier molecular flexibility index (Phi) is 5.60. The number of nitrogens with zero attached hydrogens (tertiary/aromatic N) is 1. The van der Waals surface area contributed by atoms with Crippen molar-refractivity contribution in [2.45, 2.75) is 63.9 Å². The molecule has 0 aromatic carbocycles. The van der Waals surface area contributed by atoms with Gasteiger partial charge >= 0.3 is 0 Å². The second-order valence-corrected chi connectivity index (χ2v) is 6.62. The molecule has 1 N–H and O–H groups in total. The maximum absolute atomic E-state index is 12.2. The molecule has 0 bridgehead atoms. The third-order valence-corrected chi connectivity index (χ3v) is 5.26. The van der Waals surface area contributed by atoms with E-state index < -0.39 is 5.60 Å². The zero-order valence-corrected chi connectivity index (χ0v) is 14.5. The van der Waals surface area contributed by atoms with E-state index in [9.17, 15) is 4.79 Å². The lowest BCUT2D eigenvalue weighted by Crippen LogP contribution is -2.34. The largest absolute Gasteiger partial charge is 0.370 e. The quantitative estimate of drug-likeness (QED) is 0.632. The predicted molar refractivity (Wildman–Crippen MR) is 88.0 cm³/mol. The third-order valence-electron chi connectivity index (χ3n) is 4.15. The van der Waals surface area contributed by atoms with Crippen LogP contribution in [0, 0.1) is 3.57 Å². The maximum Gasteiger partial charge on any atom is 0.264 e. The average Bonchev–Trinajstić information content (AvgIpc) is 2.70. The van der Waals surface area contributed by atoms with Crippen LogP contribution in [0.1, 0.15) is 63.4 Å². The predicted octanol–water partition coefficient (Wildman–Crippen LogP) is 3.52. The van der Waals surface area contributed by atoms with E-state index in [4.69, 9.17) is 9.72 Å². The molecular formula is C15H23IN2O2. The summed E-state index contributed by atoms with van der Waals surface area (Å²) in [5, 5.41) is 0. The molecule has 1 aliphatic carbocycles. The van der Waals surface area contributed by atoms with Crippen LogP contribution < -0.4 is 5.56 Å². The standard InChI is InChI=1S/C15H23IN2O2/c1-3-8-11-12(16)13(19)18-14(17-11)15(20-2)9-6-4-5-7-10-15/h3-10H2,1-2H3,(H,17,18,19). The van der Waals surface area contributed by atoms with Gasteiger partial charge in [-0.15, -0.1) is 0 Å². The highest BCUT2D eigenvalue weighted by Crippen LogP contribution is 2.37. The minimum atomic E-state index is -0.400. The molecule has 0 amide bonds. The second-order valence-electron chi connectivity index (χ2n) is 5.54. The van der Waals surface area contributed by atoms with E-state index in [1.54, 1.807) is 7.11 Å². The summed E-state index contributed by atoms with van der Waals surface area (Å²) in [7, 11) is 1.74. The molecule has 4 nitrogen and oxygen atoms in total. The van der Waals surface area contributed by atoms with Gasteiger partial charge in [-0.05, 0) is 41.9 Å². The minimum Gasteiger partial charge on any atom is -0.370 e. The Morgan fingerprint density at radius 3 is 2.50 bits per heavy atom. The summed E-state index contributed by atoms with van der Waals surface area (Å²) in [4.78, 5) is 19.9. The van der Waals surface area contributed by atoms with Gasteiger partial charge in [0.05, 0.1) is 9.26 Å². The van der Waals surface area contributed by atoms with Crippen molar-refractivity contribution in [3.8, 4) is 0 Å². The number of aryl methyl sites for hydroxylation is 1. The number of rotatable bonds is 4. The lowest BCUT2D eigenvalue weighted by atomic mass is 9.93. The first-order valence-corrected chi connectivity index (χ1v) is 8.55. The van der Waals surface area contributed by atoms with E-state index in [0.717, 1.165) is 50.0 Å². The normalized spacial score (nSPS) is 18.8. The lowest BCUT2D eigenvalue weighted by molar-refractivity contribution is -0.0355. The van der Waals surface area contributed by atoms with Crippen molar-refractivity contribution in [2.75, 3.05) is 7.11 Å². The van der Waals surface area contributed by atoms with Crippen molar-refractivity contribution in [3.63, 3.8) is 0 Å². The van der Waals surface area contributed by atoms with Gasteiger partial charge in [-0.2, -0.15) is 0 Å². The van der Waals surface area contributed by atoms with E-state index in [1.165, 1.54) is 12.8 Å². The second kappa shape index (κ2) is 7.02. The number of aromatic amines is 1. The van der Waals surface area contributed by atoms with Gasteiger partial charge < -0.3 is 9.72 Å². The molecule has 1 fully saturated rings. The zero-order valence-electron chi connectivity index (χ0n) is 12.3. The summed E-state index contributed by atoms with van der Waals surface area (Å²) in [6, 6.07) is 0. The van der Waals surface area contributed by atoms with Crippen LogP contribution in [0.5, 0.6) is 0 Å². The van der Waals surface area contributed by atoms with Crippen LogP contribution >= 0.6 is 22.6 Å². The Hall–Kier alpha value is -0.430. The van der Waals surface area contributed by atoms with E-state index in [2.05, 4.69) is 34.5 Å². The monoisotopic (exact) mass is 390 g/mol. The summed E-state index contributed by atoms with van der Waals surface area (Å²) in [6.07, 6.45) is 8.46. The lowest BCUT2D eigenvalue weighted by Gasteiger charge is -2.30. The summed E-state index contributed by atoms with van der Waals surface area (Å²) >= 11 is 2.09. The van der Waals surface area contributed by atoms with Crippen LogP contribution in [0.25, 0.3) is 0 Å². The number of hydrogen-bond acceptors (Lipinski definition) is 3. The van der Waals surface area contributed by atoms with Crippen LogP contribution in [-0.4, -0.2) is 17.1 Å². The maximum atomic E-state index is 12.2. The molecule has 0 spiro atoms. The van der Waals surface area contributed by atoms with Gasteiger partial charge in [-0.3, -0.25) is 4.79 Å². The SMILES string of the molecule is CCCc1nc(C2(OC)CCCCCC2)[nH]c(=O)c1I. The Bertz CT molecular complexity index is 505. The van der Waals surface area contributed by atoms with Crippen molar-refractivity contribution in [3.05, 3.63) is 25.4 Å². The summed E-state index contributed by atoms with van der Waals surface area (Å²) in [5.41, 5.74) is 0.481. The number of methoxy groups -OCH3 is 1. The topological polar surface area (TPSA) is 55.0 Å². The molecule has 112 valence electrons. The fraction of sp³-hybridized carbons (Fsp3) is 0.733. The Balaban J connectivity index is 2.45. The van der Waals surface area contributed by atoms with Crippen LogP contribution in [0.2, 0.25) is 0 Å². The summed E-state index contributed by atoms with van der Waals surface area (Å²) < 4.78 is 6.55. The number of hydrogen-bond donors (Lipinski definition) is 1. The van der Waals surface area contributed by atoms with Crippen LogP contribution in [0.15, 0.2) is 4.79 Å². The molecule has 0 saturated heterocycles. The first-order valence-electron chi connectivity index (χ1n) is 7.47. The zero-order chi connectivity index (χ0) is 14.6. The number of aromatic nitrogens is 2. The molecule has 0 aliphatic heterocycles. The van der Waals surface area contributed by atoms with Crippen LogP contribution in [0.3, 0.4) is 0 Å². The van der Waals surface area contributed by atoms with Crippen molar-refractivity contribution in [1.82, 2.24) is 9.97 Å². The molecule has 1 aliphatic rings. The van der Waals surface area contributed by atoms with Crippen molar-refractivity contribution >= 4 is 22.6 Å². The molecule has 2 rings (SSSR count). The third kappa shape index (κ3) is 3.24. The van der Waals surface area contributed by atoms with Crippen LogP contribution in [-0.2, 0) is 16.8 Å². The van der Waals surface area contributed by atoms with E-state index in [1.807, 2.05) is 0 Å². The highest BCUT2D eigenvalue weighted by Gasteiger charge is 2.35. The molecular weight excluding hydrogens is 367 g/mol. The van der Waals surface area contributed by atoms with Gasteiger partial charge in [0.2, 0.25) is 0 Å². The number of ether oxygens (including phenoxy) is 1. The average molecular weight is 390 g/mol. The van der Waals surface area contributed by atoms with Gasteiger partial charge in [0, 0.05) is 7.11 Å². The van der Waals surface area contributed by atoms with Crippen molar-refractivity contribution in [2.24, 2.45) is 0 Å². The first kappa shape index (κ1) is 15.9. The fourth-order valence-corrected chi connectivity index (χ4v) is 3.49. The van der Waals surface area contributed by atoms with Gasteiger partial charge in [-0.1, -0.05) is 39.0 Å². The fourth-order valence-electron chi connectivity index (χ4n) is 2.96. The Morgan fingerprint density at radius 1 is 1.30 bits per heavy atom. The van der Waals surface area contributed by atoms with E-state index in [-0.39, 0.29) is 5.56 Å². The molecule has 20 heavy (non-hydrogen) atoms. The first-order chi connectivity index (χ1) is 9.63. The number of nitrogens with one attached hydrogen (secondary N) is 1. The van der Waals surface area contributed by atoms with Gasteiger partial charge in [0.1, 0.15) is 11.4 Å².